The maximum absolute atomic E-state index is 11.9. The number of rotatable bonds is 8. The number of hydrogen-bond acceptors (Lipinski definition) is 6. The maximum Gasteiger partial charge on any atom is 0.458 e. The van der Waals surface area contributed by atoms with Gasteiger partial charge in [-0.1, -0.05) is 76.9 Å². The van der Waals surface area contributed by atoms with E-state index in [2.05, 4.69) is 51.7 Å². The largest absolute Gasteiger partial charge is 0.458 e. The van der Waals surface area contributed by atoms with Crippen LogP contribution in [0.2, 0.25) is 10.0 Å². The quantitative estimate of drug-likeness (QED) is 0.302. The molecule has 0 bridgehead atoms. The summed E-state index contributed by atoms with van der Waals surface area (Å²) in [5.41, 5.74) is 2.15. The number of hydrogen-bond donors (Lipinski definition) is 2. The van der Waals surface area contributed by atoms with Gasteiger partial charge < -0.3 is 9.05 Å². The Morgan fingerprint density at radius 1 is 0.667 bits per heavy atom. The molecule has 0 amide bonds. The van der Waals surface area contributed by atoms with Gasteiger partial charge in [-0.25, -0.2) is 19.3 Å². The Kier molecular flexibility index (Phi) is 12.0. The van der Waals surface area contributed by atoms with Gasteiger partial charge in [0.25, 0.3) is 0 Å². The first kappa shape index (κ1) is 32.9. The molecule has 0 fully saturated rings. The van der Waals surface area contributed by atoms with Gasteiger partial charge in [0.15, 0.2) is 0 Å². The van der Waals surface area contributed by atoms with Crippen LogP contribution in [0.3, 0.4) is 0 Å². The van der Waals surface area contributed by atoms with E-state index in [-0.39, 0.29) is 10.8 Å². The van der Waals surface area contributed by atoms with Gasteiger partial charge in [0.05, 0.1) is 10.0 Å². The Hall–Kier alpha value is -1.08. The molecule has 2 unspecified atom stereocenters. The molecule has 2 aromatic rings. The van der Waals surface area contributed by atoms with E-state index in [1.165, 1.54) is 28.3 Å². The van der Waals surface area contributed by atoms with Gasteiger partial charge in [-0.3, -0.25) is 9.05 Å². The zero-order valence-electron chi connectivity index (χ0n) is 22.6. The highest BCUT2D eigenvalue weighted by Gasteiger charge is 2.25. The molecule has 0 heterocycles. The second-order valence-electron chi connectivity index (χ2n) is 9.78. The van der Waals surface area contributed by atoms with E-state index in [4.69, 9.17) is 41.3 Å². The van der Waals surface area contributed by atoms with Crippen molar-refractivity contribution in [2.24, 2.45) is 0 Å². The predicted octanol–water partition coefficient (Wildman–Crippen LogP) is 7.98. The summed E-state index contributed by atoms with van der Waals surface area (Å²) in [5.74, 6) is 0.674. The van der Waals surface area contributed by atoms with Gasteiger partial charge in [0, 0.05) is 14.2 Å². The highest BCUT2D eigenvalue weighted by atomic mass is 35.5. The van der Waals surface area contributed by atoms with E-state index in [9.17, 15) is 9.13 Å². The van der Waals surface area contributed by atoms with E-state index < -0.39 is 15.5 Å². The highest BCUT2D eigenvalue weighted by Crippen LogP contribution is 2.46. The Labute approximate surface area is 225 Å². The summed E-state index contributed by atoms with van der Waals surface area (Å²) < 4.78 is 44.1. The fraction of sp³-hybridized carbons (Fsp3) is 0.500. The highest BCUT2D eigenvalue weighted by molar-refractivity contribution is 7.52. The minimum Gasteiger partial charge on any atom is -0.412 e. The van der Waals surface area contributed by atoms with Gasteiger partial charge in [0.2, 0.25) is 0 Å². The molecule has 2 atom stereocenters. The SMILES string of the molecule is CNP(=O)(OC)Oc1ccc(C(C)(C)C)cc1Cl.CNP(=O)(OC)Oc1ccc(C(C)(C)C)cc1Cl. The van der Waals surface area contributed by atoms with Gasteiger partial charge in [-0.2, -0.15) is 0 Å². The van der Waals surface area contributed by atoms with E-state index in [0.29, 0.717) is 21.5 Å². The smallest absolute Gasteiger partial charge is 0.412 e. The zero-order chi connectivity index (χ0) is 27.9. The molecule has 0 spiro atoms. The lowest BCUT2D eigenvalue weighted by atomic mass is 9.87. The van der Waals surface area contributed by atoms with Crippen LogP contribution >= 0.6 is 38.7 Å². The molecule has 204 valence electrons. The maximum atomic E-state index is 11.9. The minimum absolute atomic E-state index is 0.00384. The summed E-state index contributed by atoms with van der Waals surface area (Å²) in [5, 5.41) is 5.83. The third kappa shape index (κ3) is 9.66. The molecule has 2 aromatic carbocycles. The lowest BCUT2D eigenvalue weighted by Crippen LogP contribution is -2.12. The molecular weight excluding hydrogens is 545 g/mol. The molecule has 0 aliphatic carbocycles. The Bertz CT molecular complexity index is 1010. The summed E-state index contributed by atoms with van der Waals surface area (Å²) in [7, 11) is -1.01. The van der Waals surface area contributed by atoms with E-state index in [0.717, 1.165) is 11.1 Å². The van der Waals surface area contributed by atoms with Gasteiger partial charge in [-0.05, 0) is 60.3 Å². The lowest BCUT2D eigenvalue weighted by Gasteiger charge is -2.21. The Morgan fingerprint density at radius 2 is 0.972 bits per heavy atom. The van der Waals surface area contributed by atoms with Crippen molar-refractivity contribution in [1.82, 2.24) is 10.2 Å². The Balaban J connectivity index is 0.000000360. The first-order chi connectivity index (χ1) is 16.4. The average Bonchev–Trinajstić information content (AvgIpc) is 2.80. The molecular formula is C24H38Cl2N2O6P2. The molecule has 0 saturated heterocycles. The summed E-state index contributed by atoms with van der Waals surface area (Å²) in [6.07, 6.45) is 0. The molecule has 8 nitrogen and oxygen atoms in total. The number of benzene rings is 2. The molecule has 0 aliphatic rings. The predicted molar refractivity (Wildman–Crippen MR) is 149 cm³/mol. The van der Waals surface area contributed by atoms with Gasteiger partial charge in [0.1, 0.15) is 11.5 Å². The van der Waals surface area contributed by atoms with Crippen LogP contribution < -0.4 is 19.2 Å². The fourth-order valence-electron chi connectivity index (χ4n) is 2.69. The van der Waals surface area contributed by atoms with Crippen LogP contribution in [-0.4, -0.2) is 28.3 Å². The second kappa shape index (κ2) is 13.1. The summed E-state index contributed by atoms with van der Waals surface area (Å²) >= 11 is 12.3. The standard InChI is InChI=1S/2C12H19ClNO3P/c2*1-12(2,3)9-6-7-11(10(13)8-9)17-18(15,14-4)16-5/h2*6-8H,1-5H3,(H,14,15). The van der Waals surface area contributed by atoms with Crippen LogP contribution in [0.25, 0.3) is 0 Å². The van der Waals surface area contributed by atoms with E-state index in [1.807, 2.05) is 24.3 Å². The van der Waals surface area contributed by atoms with Crippen molar-refractivity contribution >= 4 is 38.7 Å². The first-order valence-electron chi connectivity index (χ1n) is 11.1. The topological polar surface area (TPSA) is 95.1 Å². The van der Waals surface area contributed by atoms with E-state index in [1.54, 1.807) is 12.1 Å². The van der Waals surface area contributed by atoms with Crippen LogP contribution in [0.1, 0.15) is 52.7 Å². The van der Waals surface area contributed by atoms with Gasteiger partial charge >= 0.3 is 15.5 Å². The van der Waals surface area contributed by atoms with Crippen molar-refractivity contribution in [3.63, 3.8) is 0 Å². The molecule has 0 radical (unpaired) electrons. The van der Waals surface area contributed by atoms with Crippen molar-refractivity contribution < 1.29 is 27.2 Å². The van der Waals surface area contributed by atoms with Crippen molar-refractivity contribution in [3.8, 4) is 11.5 Å². The van der Waals surface area contributed by atoms with Crippen molar-refractivity contribution in [1.29, 1.82) is 0 Å². The minimum atomic E-state index is -3.32. The summed E-state index contributed by atoms with van der Waals surface area (Å²) in [6.45, 7) is 12.5. The van der Waals surface area contributed by atoms with Gasteiger partial charge in [-0.15, -0.1) is 0 Å². The molecule has 36 heavy (non-hydrogen) atoms. The number of nitrogens with one attached hydrogen (secondary N) is 2. The molecule has 0 aromatic heterocycles. The Morgan fingerprint density at radius 3 is 1.17 bits per heavy atom. The third-order valence-electron chi connectivity index (χ3n) is 5.06. The van der Waals surface area contributed by atoms with Crippen LogP contribution in [0.4, 0.5) is 0 Å². The van der Waals surface area contributed by atoms with Crippen molar-refractivity contribution in [2.75, 3.05) is 28.3 Å². The molecule has 0 saturated carbocycles. The molecule has 2 rings (SSSR count). The summed E-state index contributed by atoms with van der Waals surface area (Å²) in [6, 6.07) is 10.8. The van der Waals surface area contributed by atoms with E-state index >= 15 is 0 Å². The fourth-order valence-corrected chi connectivity index (χ4v) is 4.77. The lowest BCUT2D eigenvalue weighted by molar-refractivity contribution is 0.312. The van der Waals surface area contributed by atoms with Crippen LogP contribution in [-0.2, 0) is 29.0 Å². The molecule has 2 N–H and O–H groups in total. The first-order valence-corrected chi connectivity index (χ1v) is 15.0. The third-order valence-corrected chi connectivity index (χ3v) is 8.58. The monoisotopic (exact) mass is 582 g/mol. The molecule has 0 aliphatic heterocycles. The zero-order valence-corrected chi connectivity index (χ0v) is 25.9. The number of halogens is 2. The van der Waals surface area contributed by atoms with Crippen molar-refractivity contribution in [2.45, 2.75) is 52.4 Å². The van der Waals surface area contributed by atoms with Crippen molar-refractivity contribution in [3.05, 3.63) is 57.6 Å². The second-order valence-corrected chi connectivity index (χ2v) is 14.6. The van der Waals surface area contributed by atoms with Crippen LogP contribution in [0.5, 0.6) is 11.5 Å². The molecule has 12 heteroatoms. The summed E-state index contributed by atoms with van der Waals surface area (Å²) in [4.78, 5) is 0. The average molecular weight is 583 g/mol. The van der Waals surface area contributed by atoms with Crippen LogP contribution in [0.15, 0.2) is 36.4 Å². The van der Waals surface area contributed by atoms with Crippen LogP contribution in [0, 0.1) is 0 Å². The normalized spacial score (nSPS) is 15.2.